The van der Waals surface area contributed by atoms with Crippen molar-refractivity contribution in [3.63, 3.8) is 0 Å². The Kier molecular flexibility index (Phi) is 4.77. The van der Waals surface area contributed by atoms with E-state index in [1.807, 2.05) is 0 Å². The van der Waals surface area contributed by atoms with Crippen LogP contribution in [0.15, 0.2) is 12.1 Å². The lowest BCUT2D eigenvalue weighted by Gasteiger charge is -2.05. The zero-order chi connectivity index (χ0) is 13.0. The summed E-state index contributed by atoms with van der Waals surface area (Å²) in [5, 5.41) is -0.508. The lowest BCUT2D eigenvalue weighted by Crippen LogP contribution is -2.07. The van der Waals surface area contributed by atoms with Gasteiger partial charge in [-0.3, -0.25) is 9.59 Å². The van der Waals surface area contributed by atoms with E-state index in [1.54, 1.807) is 0 Å². The van der Waals surface area contributed by atoms with Gasteiger partial charge in [-0.15, -0.1) is 0 Å². The highest BCUT2D eigenvalue weighted by atomic mass is 35.5. The predicted octanol–water partition coefficient (Wildman–Crippen LogP) is 2.11. The van der Waals surface area contributed by atoms with Crippen LogP contribution in [0.2, 0.25) is 5.02 Å². The predicted molar refractivity (Wildman–Crippen MR) is 64.6 cm³/mol. The third-order valence-corrected chi connectivity index (χ3v) is 3.03. The highest BCUT2D eigenvalue weighted by molar-refractivity contribution is 8.14. The molecule has 0 fully saturated rings. The first kappa shape index (κ1) is 13.8. The maximum absolute atomic E-state index is 13.0. The summed E-state index contributed by atoms with van der Waals surface area (Å²) in [5.74, 6) is -1.36. The van der Waals surface area contributed by atoms with Crippen molar-refractivity contribution in [3.05, 3.63) is 28.5 Å². The average Bonchev–Trinajstić information content (AvgIpc) is 2.30. The third-order valence-electron chi connectivity index (χ3n) is 1.86. The fraction of sp³-hybridized carbons (Fsp3) is 0.200. The molecule has 0 saturated carbocycles. The summed E-state index contributed by atoms with van der Waals surface area (Å²) in [6.07, 6.45) is 0. The van der Waals surface area contributed by atoms with E-state index in [9.17, 15) is 14.0 Å². The molecule has 0 aliphatic carbocycles. The molecule has 1 aromatic rings. The number of halogens is 2. The Bertz CT molecular complexity index is 467. The highest BCUT2D eigenvalue weighted by Gasteiger charge is 2.15. The maximum Gasteiger partial charge on any atom is 0.316 e. The number of esters is 1. The molecule has 4 nitrogen and oxygen atoms in total. The Labute approximate surface area is 106 Å². The number of carbonyl (C=O) groups excluding carboxylic acids is 2. The van der Waals surface area contributed by atoms with E-state index >= 15 is 0 Å². The van der Waals surface area contributed by atoms with Crippen molar-refractivity contribution in [1.29, 1.82) is 0 Å². The lowest BCUT2D eigenvalue weighted by atomic mass is 10.2. The van der Waals surface area contributed by atoms with E-state index in [1.165, 1.54) is 7.11 Å². The minimum Gasteiger partial charge on any atom is -0.468 e. The molecule has 0 aliphatic rings. The molecule has 2 N–H and O–H groups in total. The molecule has 0 amide bonds. The minimum atomic E-state index is -0.690. The molecule has 1 aromatic carbocycles. The third kappa shape index (κ3) is 3.61. The van der Waals surface area contributed by atoms with Crippen LogP contribution in [-0.2, 0) is 9.53 Å². The van der Waals surface area contributed by atoms with Crippen molar-refractivity contribution in [1.82, 2.24) is 0 Å². The molecule has 7 heteroatoms. The van der Waals surface area contributed by atoms with Gasteiger partial charge in [-0.2, -0.15) is 0 Å². The van der Waals surface area contributed by atoms with E-state index < -0.39 is 16.9 Å². The fourth-order valence-electron chi connectivity index (χ4n) is 0.983. The quantitative estimate of drug-likeness (QED) is 0.677. The van der Waals surface area contributed by atoms with Crippen LogP contribution in [0.25, 0.3) is 0 Å². The smallest absolute Gasteiger partial charge is 0.316 e. The highest BCUT2D eigenvalue weighted by Crippen LogP contribution is 2.25. The number of carbonyl (C=O) groups is 2. The molecule has 17 heavy (non-hydrogen) atoms. The summed E-state index contributed by atoms with van der Waals surface area (Å²) in [4.78, 5) is 22.5. The second-order valence-corrected chi connectivity index (χ2v) is 4.36. The largest absolute Gasteiger partial charge is 0.468 e. The van der Waals surface area contributed by atoms with E-state index in [-0.39, 0.29) is 22.0 Å². The molecule has 1 rings (SSSR count). The number of benzene rings is 1. The van der Waals surface area contributed by atoms with Gasteiger partial charge in [-0.1, -0.05) is 23.4 Å². The number of ether oxygens (including phenoxy) is 1. The first-order valence-corrected chi connectivity index (χ1v) is 5.80. The number of thioether (sulfide) groups is 1. The van der Waals surface area contributed by atoms with E-state index in [4.69, 9.17) is 17.3 Å². The second kappa shape index (κ2) is 5.88. The van der Waals surface area contributed by atoms with Gasteiger partial charge < -0.3 is 10.5 Å². The van der Waals surface area contributed by atoms with Gasteiger partial charge in [0.05, 0.1) is 23.6 Å². The molecule has 0 spiro atoms. The number of nitrogen functional groups attached to an aromatic ring is 1. The molecular formula is C10H9ClFNO3S. The summed E-state index contributed by atoms with van der Waals surface area (Å²) >= 11 is 6.41. The summed E-state index contributed by atoms with van der Waals surface area (Å²) in [5.41, 5.74) is 5.22. The first-order valence-electron chi connectivity index (χ1n) is 4.44. The van der Waals surface area contributed by atoms with E-state index in [0.717, 1.165) is 12.1 Å². The van der Waals surface area contributed by atoms with E-state index in [0.29, 0.717) is 11.8 Å². The van der Waals surface area contributed by atoms with Crippen molar-refractivity contribution in [2.45, 2.75) is 0 Å². The SMILES string of the molecule is COC(=O)CSC(=O)c1cc(N)c(F)cc1Cl. The van der Waals surface area contributed by atoms with Crippen LogP contribution < -0.4 is 5.73 Å². The monoisotopic (exact) mass is 277 g/mol. The summed E-state index contributed by atoms with van der Waals surface area (Å²) in [6, 6.07) is 2.10. The van der Waals surface area contributed by atoms with Crippen molar-refractivity contribution < 1.29 is 18.7 Å². The molecular weight excluding hydrogens is 269 g/mol. The van der Waals surface area contributed by atoms with Gasteiger partial charge in [-0.05, 0) is 12.1 Å². The first-order chi connectivity index (χ1) is 7.95. The Morgan fingerprint density at radius 2 is 2.18 bits per heavy atom. The van der Waals surface area contributed by atoms with Crippen molar-refractivity contribution in [2.24, 2.45) is 0 Å². The minimum absolute atomic E-state index is 0.0425. The molecule has 0 bridgehead atoms. The zero-order valence-electron chi connectivity index (χ0n) is 8.83. The Hall–Kier alpha value is -1.27. The molecule has 0 saturated heterocycles. The van der Waals surface area contributed by atoms with Crippen LogP contribution >= 0.6 is 23.4 Å². The van der Waals surface area contributed by atoms with Crippen molar-refractivity contribution in [3.8, 4) is 0 Å². The summed E-state index contributed by atoms with van der Waals surface area (Å²) in [7, 11) is 1.22. The van der Waals surface area contributed by atoms with Gasteiger partial charge in [0.25, 0.3) is 0 Å². The standard InChI is InChI=1S/C10H9ClFNO3S/c1-16-9(14)4-17-10(15)5-2-8(13)7(12)3-6(5)11/h2-3H,4,13H2,1H3. The fourth-order valence-corrected chi connectivity index (χ4v) is 1.97. The Morgan fingerprint density at radius 1 is 1.53 bits per heavy atom. The summed E-state index contributed by atoms with van der Waals surface area (Å²) < 4.78 is 17.4. The second-order valence-electron chi connectivity index (χ2n) is 3.01. The molecule has 0 aromatic heterocycles. The Morgan fingerprint density at radius 3 is 2.76 bits per heavy atom. The van der Waals surface area contributed by atoms with Crippen LogP contribution in [0.5, 0.6) is 0 Å². The van der Waals surface area contributed by atoms with E-state index in [2.05, 4.69) is 4.74 Å². The number of hydrogen-bond acceptors (Lipinski definition) is 5. The number of rotatable bonds is 3. The van der Waals surface area contributed by atoms with Gasteiger partial charge in [0.2, 0.25) is 5.12 Å². The summed E-state index contributed by atoms with van der Waals surface area (Å²) in [6.45, 7) is 0. The number of hydrogen-bond donors (Lipinski definition) is 1. The molecule has 0 atom stereocenters. The van der Waals surface area contributed by atoms with Crippen LogP contribution in [0, 0.1) is 5.82 Å². The normalized spacial score (nSPS) is 10.1. The van der Waals surface area contributed by atoms with Crippen LogP contribution in [0.1, 0.15) is 10.4 Å². The molecule has 0 radical (unpaired) electrons. The van der Waals surface area contributed by atoms with Gasteiger partial charge >= 0.3 is 5.97 Å². The van der Waals surface area contributed by atoms with Crippen molar-refractivity contribution in [2.75, 3.05) is 18.6 Å². The van der Waals surface area contributed by atoms with Crippen LogP contribution in [-0.4, -0.2) is 23.9 Å². The Balaban J connectivity index is 2.82. The van der Waals surface area contributed by atoms with Crippen LogP contribution in [0.4, 0.5) is 10.1 Å². The molecule has 0 aliphatic heterocycles. The topological polar surface area (TPSA) is 69.4 Å². The zero-order valence-corrected chi connectivity index (χ0v) is 10.4. The molecule has 92 valence electrons. The maximum atomic E-state index is 13.0. The van der Waals surface area contributed by atoms with Gasteiger partial charge in [0.1, 0.15) is 5.82 Å². The van der Waals surface area contributed by atoms with Gasteiger partial charge in [0.15, 0.2) is 0 Å². The van der Waals surface area contributed by atoms with Gasteiger partial charge in [-0.25, -0.2) is 4.39 Å². The van der Waals surface area contributed by atoms with Gasteiger partial charge in [0, 0.05) is 5.56 Å². The molecule has 0 unspecified atom stereocenters. The lowest BCUT2D eigenvalue weighted by molar-refractivity contribution is -0.137. The van der Waals surface area contributed by atoms with Crippen LogP contribution in [0.3, 0.4) is 0 Å². The number of methoxy groups -OCH3 is 1. The molecule has 0 heterocycles. The number of nitrogens with two attached hydrogens (primary N) is 1. The number of anilines is 1. The average molecular weight is 278 g/mol. The van der Waals surface area contributed by atoms with Crippen molar-refractivity contribution >= 4 is 40.1 Å².